The largest absolute Gasteiger partial charge is 0.401 e. The summed E-state index contributed by atoms with van der Waals surface area (Å²) in [6, 6.07) is 3.79. The lowest BCUT2D eigenvalue weighted by Gasteiger charge is -2.08. The summed E-state index contributed by atoms with van der Waals surface area (Å²) in [6.07, 6.45) is -4.25. The highest BCUT2D eigenvalue weighted by Gasteiger charge is 2.25. The van der Waals surface area contributed by atoms with Crippen LogP contribution in [0.25, 0.3) is 0 Å². The SMILES string of the molecule is Fc1ccc(CNCC(F)(F)F)cc1Cl. The van der Waals surface area contributed by atoms with E-state index in [-0.39, 0.29) is 11.6 Å². The van der Waals surface area contributed by atoms with Crippen LogP contribution in [0.1, 0.15) is 5.56 Å². The molecule has 0 aliphatic carbocycles. The number of benzene rings is 1. The molecule has 1 aromatic rings. The highest BCUT2D eigenvalue weighted by atomic mass is 35.5. The minimum atomic E-state index is -4.25. The van der Waals surface area contributed by atoms with Crippen molar-refractivity contribution in [3.8, 4) is 0 Å². The van der Waals surface area contributed by atoms with Crippen LogP contribution in [-0.4, -0.2) is 12.7 Å². The van der Waals surface area contributed by atoms with E-state index in [9.17, 15) is 17.6 Å². The number of halogens is 5. The van der Waals surface area contributed by atoms with Crippen LogP contribution in [0.4, 0.5) is 17.6 Å². The average molecular weight is 242 g/mol. The first-order valence-corrected chi connectivity index (χ1v) is 4.48. The summed E-state index contributed by atoms with van der Waals surface area (Å²) in [6.45, 7) is -1.08. The van der Waals surface area contributed by atoms with Gasteiger partial charge >= 0.3 is 6.18 Å². The monoisotopic (exact) mass is 241 g/mol. The van der Waals surface area contributed by atoms with Crippen LogP contribution in [0.2, 0.25) is 5.02 Å². The third-order valence-corrected chi connectivity index (χ3v) is 1.93. The lowest BCUT2D eigenvalue weighted by atomic mass is 10.2. The van der Waals surface area contributed by atoms with Crippen molar-refractivity contribution < 1.29 is 17.6 Å². The third kappa shape index (κ3) is 4.48. The second-order valence-electron chi connectivity index (χ2n) is 2.97. The molecule has 15 heavy (non-hydrogen) atoms. The van der Waals surface area contributed by atoms with Crippen LogP contribution in [-0.2, 0) is 6.54 Å². The van der Waals surface area contributed by atoms with Gasteiger partial charge in [-0.25, -0.2) is 4.39 Å². The minimum absolute atomic E-state index is 0.000486. The predicted octanol–water partition coefficient (Wildman–Crippen LogP) is 3.13. The van der Waals surface area contributed by atoms with Gasteiger partial charge in [0, 0.05) is 6.54 Å². The number of rotatable bonds is 3. The molecule has 0 radical (unpaired) electrons. The summed E-state index contributed by atoms with van der Waals surface area (Å²) in [5.41, 5.74) is 0.505. The first-order valence-electron chi connectivity index (χ1n) is 4.10. The van der Waals surface area contributed by atoms with Crippen molar-refractivity contribution in [1.29, 1.82) is 0 Å². The summed E-state index contributed by atoms with van der Waals surface area (Å²) in [5, 5.41) is 2.09. The van der Waals surface area contributed by atoms with Crippen LogP contribution in [0.5, 0.6) is 0 Å². The van der Waals surface area contributed by atoms with Gasteiger partial charge in [0.25, 0.3) is 0 Å². The Morgan fingerprint density at radius 2 is 1.93 bits per heavy atom. The van der Waals surface area contributed by atoms with E-state index in [1.54, 1.807) is 0 Å². The summed E-state index contributed by atoms with van der Waals surface area (Å²) >= 11 is 5.46. The van der Waals surface area contributed by atoms with Gasteiger partial charge in [0.15, 0.2) is 0 Å². The lowest BCUT2D eigenvalue weighted by Crippen LogP contribution is -2.28. The molecule has 1 rings (SSSR count). The first kappa shape index (κ1) is 12.3. The maximum absolute atomic E-state index is 12.7. The zero-order valence-corrected chi connectivity index (χ0v) is 8.29. The van der Waals surface area contributed by atoms with E-state index in [1.165, 1.54) is 12.1 Å². The molecule has 6 heteroatoms. The van der Waals surface area contributed by atoms with Crippen LogP contribution < -0.4 is 5.32 Å². The van der Waals surface area contributed by atoms with Gasteiger partial charge < -0.3 is 5.32 Å². The fourth-order valence-corrected chi connectivity index (χ4v) is 1.20. The molecular weight excluding hydrogens is 234 g/mol. The maximum Gasteiger partial charge on any atom is 0.401 e. The number of alkyl halides is 3. The standard InChI is InChI=1S/C9H8ClF4N/c10-7-3-6(1-2-8(7)11)4-15-5-9(12,13)14/h1-3,15H,4-5H2. The highest BCUT2D eigenvalue weighted by Crippen LogP contribution is 2.16. The van der Waals surface area contributed by atoms with E-state index in [0.29, 0.717) is 5.56 Å². The molecule has 0 aliphatic rings. The Morgan fingerprint density at radius 1 is 1.27 bits per heavy atom. The molecule has 1 nitrogen and oxygen atoms in total. The first-order chi connectivity index (χ1) is 6.88. The second-order valence-corrected chi connectivity index (χ2v) is 3.37. The molecule has 0 atom stereocenters. The van der Waals surface area contributed by atoms with Gasteiger partial charge in [0.2, 0.25) is 0 Å². The molecule has 0 saturated heterocycles. The summed E-state index contributed by atoms with van der Waals surface area (Å²) < 4.78 is 47.9. The molecule has 0 aromatic heterocycles. The number of nitrogens with one attached hydrogen (secondary N) is 1. The smallest absolute Gasteiger partial charge is 0.305 e. The number of hydrogen-bond donors (Lipinski definition) is 1. The average Bonchev–Trinajstić information content (AvgIpc) is 2.09. The van der Waals surface area contributed by atoms with E-state index in [1.807, 2.05) is 0 Å². The quantitative estimate of drug-likeness (QED) is 0.802. The predicted molar refractivity (Wildman–Crippen MR) is 49.2 cm³/mol. The molecule has 0 bridgehead atoms. The molecule has 0 spiro atoms. The maximum atomic E-state index is 12.7. The van der Waals surface area contributed by atoms with Gasteiger partial charge in [0.1, 0.15) is 5.82 Å². The molecule has 0 heterocycles. The Balaban J connectivity index is 2.48. The highest BCUT2D eigenvalue weighted by molar-refractivity contribution is 6.30. The van der Waals surface area contributed by atoms with Gasteiger partial charge in [-0.15, -0.1) is 0 Å². The fraction of sp³-hybridized carbons (Fsp3) is 0.333. The lowest BCUT2D eigenvalue weighted by molar-refractivity contribution is -0.125. The normalized spacial score (nSPS) is 11.8. The number of hydrogen-bond acceptors (Lipinski definition) is 1. The summed E-state index contributed by atoms with van der Waals surface area (Å²) in [4.78, 5) is 0. The van der Waals surface area contributed by atoms with Crippen molar-refractivity contribution in [3.05, 3.63) is 34.6 Å². The molecule has 0 amide bonds. The Morgan fingerprint density at radius 3 is 2.47 bits per heavy atom. The van der Waals surface area contributed by atoms with Gasteiger partial charge in [-0.05, 0) is 17.7 Å². The molecule has 1 aromatic carbocycles. The fourth-order valence-electron chi connectivity index (χ4n) is 0.998. The molecule has 0 fully saturated rings. The molecule has 0 aliphatic heterocycles. The Kier molecular flexibility index (Phi) is 3.93. The second kappa shape index (κ2) is 4.81. The van der Waals surface area contributed by atoms with Crippen LogP contribution in [0.15, 0.2) is 18.2 Å². The van der Waals surface area contributed by atoms with Gasteiger partial charge in [0.05, 0.1) is 11.6 Å². The summed E-state index contributed by atoms with van der Waals surface area (Å²) in [5.74, 6) is -0.587. The van der Waals surface area contributed by atoms with Crippen molar-refractivity contribution in [3.63, 3.8) is 0 Å². The van der Waals surface area contributed by atoms with E-state index < -0.39 is 18.5 Å². The van der Waals surface area contributed by atoms with Crippen LogP contribution >= 0.6 is 11.6 Å². The van der Waals surface area contributed by atoms with Crippen molar-refractivity contribution in [2.45, 2.75) is 12.7 Å². The van der Waals surface area contributed by atoms with Crippen molar-refractivity contribution >= 4 is 11.6 Å². The van der Waals surface area contributed by atoms with E-state index in [0.717, 1.165) is 6.07 Å². The molecule has 1 N–H and O–H groups in total. The van der Waals surface area contributed by atoms with Gasteiger partial charge in [-0.3, -0.25) is 0 Å². The zero-order chi connectivity index (χ0) is 11.5. The minimum Gasteiger partial charge on any atom is -0.305 e. The Bertz CT molecular complexity index is 337. The van der Waals surface area contributed by atoms with E-state index >= 15 is 0 Å². The topological polar surface area (TPSA) is 12.0 Å². The Hall–Kier alpha value is -0.810. The van der Waals surface area contributed by atoms with Crippen molar-refractivity contribution in [2.75, 3.05) is 6.54 Å². The van der Waals surface area contributed by atoms with Crippen LogP contribution in [0, 0.1) is 5.82 Å². The summed E-state index contributed by atoms with van der Waals surface area (Å²) in [7, 11) is 0. The Labute approximate surface area is 89.0 Å². The molecule has 0 unspecified atom stereocenters. The van der Waals surface area contributed by atoms with Gasteiger partial charge in [-0.1, -0.05) is 17.7 Å². The van der Waals surface area contributed by atoms with Crippen LogP contribution in [0.3, 0.4) is 0 Å². The molecule has 84 valence electrons. The third-order valence-electron chi connectivity index (χ3n) is 1.64. The van der Waals surface area contributed by atoms with Crippen molar-refractivity contribution in [1.82, 2.24) is 5.32 Å². The van der Waals surface area contributed by atoms with Gasteiger partial charge in [-0.2, -0.15) is 13.2 Å². The zero-order valence-electron chi connectivity index (χ0n) is 7.54. The van der Waals surface area contributed by atoms with E-state index in [2.05, 4.69) is 5.32 Å². The molecular formula is C9H8ClF4N. The van der Waals surface area contributed by atoms with E-state index in [4.69, 9.17) is 11.6 Å². The molecule has 0 saturated carbocycles. The van der Waals surface area contributed by atoms with Crippen molar-refractivity contribution in [2.24, 2.45) is 0 Å².